The van der Waals surface area contributed by atoms with Crippen LogP contribution in [0.5, 0.6) is 0 Å². The molecule has 0 spiro atoms. The Bertz CT molecular complexity index is 430. The lowest BCUT2D eigenvalue weighted by Crippen LogP contribution is -2.42. The molecule has 3 heteroatoms. The Kier molecular flexibility index (Phi) is 4.15. The second-order valence-electron chi connectivity index (χ2n) is 5.30. The molecule has 3 nitrogen and oxygen atoms in total. The Morgan fingerprint density at radius 1 is 1.44 bits per heavy atom. The van der Waals surface area contributed by atoms with Crippen molar-refractivity contribution in [2.24, 2.45) is 11.7 Å². The first-order valence-corrected chi connectivity index (χ1v) is 6.69. The smallest absolute Gasteiger partial charge is 0.159 e. The molecule has 1 heterocycles. The second-order valence-corrected chi connectivity index (χ2v) is 5.30. The van der Waals surface area contributed by atoms with Crippen LogP contribution >= 0.6 is 0 Å². The predicted molar refractivity (Wildman–Crippen MR) is 73.6 cm³/mol. The molecular weight excluding hydrogens is 224 g/mol. The summed E-state index contributed by atoms with van der Waals surface area (Å²) < 4.78 is 0. The van der Waals surface area contributed by atoms with Gasteiger partial charge in [-0.3, -0.25) is 4.79 Å². The largest absolute Gasteiger partial charge is 0.330 e. The van der Waals surface area contributed by atoms with Crippen molar-refractivity contribution in [2.75, 3.05) is 6.54 Å². The van der Waals surface area contributed by atoms with Gasteiger partial charge in [0.05, 0.1) is 0 Å². The van der Waals surface area contributed by atoms with Gasteiger partial charge in [-0.25, -0.2) is 0 Å². The van der Waals surface area contributed by atoms with E-state index in [1.807, 2.05) is 18.2 Å². The van der Waals surface area contributed by atoms with E-state index >= 15 is 0 Å². The molecule has 0 aliphatic carbocycles. The van der Waals surface area contributed by atoms with Crippen LogP contribution in [0.15, 0.2) is 24.3 Å². The van der Waals surface area contributed by atoms with Gasteiger partial charge in [0.15, 0.2) is 5.78 Å². The van der Waals surface area contributed by atoms with Crippen LogP contribution in [0.3, 0.4) is 0 Å². The first-order chi connectivity index (χ1) is 8.61. The molecule has 98 valence electrons. The van der Waals surface area contributed by atoms with Gasteiger partial charge in [0.25, 0.3) is 0 Å². The van der Waals surface area contributed by atoms with Crippen LogP contribution in [0.4, 0.5) is 0 Å². The SMILES string of the molecule is CC(=O)c1cccc(C2NC(C)CCC2CN)c1. The van der Waals surface area contributed by atoms with Gasteiger partial charge in [-0.1, -0.05) is 18.2 Å². The van der Waals surface area contributed by atoms with E-state index in [9.17, 15) is 4.79 Å². The first-order valence-electron chi connectivity index (χ1n) is 6.69. The van der Waals surface area contributed by atoms with Crippen molar-refractivity contribution in [3.8, 4) is 0 Å². The van der Waals surface area contributed by atoms with Crippen molar-refractivity contribution in [3.05, 3.63) is 35.4 Å². The standard InChI is InChI=1S/C15H22N2O/c1-10-6-7-14(9-16)15(17-10)13-5-3-4-12(8-13)11(2)18/h3-5,8,10,14-15,17H,6-7,9,16H2,1-2H3. The molecule has 1 aliphatic rings. The van der Waals surface area contributed by atoms with Crippen LogP contribution < -0.4 is 11.1 Å². The lowest BCUT2D eigenvalue weighted by Gasteiger charge is -2.36. The van der Waals surface area contributed by atoms with E-state index in [4.69, 9.17) is 5.73 Å². The van der Waals surface area contributed by atoms with Crippen LogP contribution in [0.25, 0.3) is 0 Å². The number of rotatable bonds is 3. The minimum absolute atomic E-state index is 0.116. The maximum atomic E-state index is 11.5. The molecule has 1 aromatic carbocycles. The van der Waals surface area contributed by atoms with Gasteiger partial charge >= 0.3 is 0 Å². The van der Waals surface area contributed by atoms with E-state index in [1.54, 1.807) is 6.92 Å². The molecule has 2 rings (SSSR count). The summed E-state index contributed by atoms with van der Waals surface area (Å²) in [6.45, 7) is 4.50. The summed E-state index contributed by atoms with van der Waals surface area (Å²) >= 11 is 0. The molecule has 1 saturated heterocycles. The van der Waals surface area contributed by atoms with Gasteiger partial charge in [-0.05, 0) is 50.8 Å². The quantitative estimate of drug-likeness (QED) is 0.804. The number of hydrogen-bond donors (Lipinski definition) is 2. The third kappa shape index (κ3) is 2.79. The molecular formula is C15H22N2O. The van der Waals surface area contributed by atoms with Crippen molar-refractivity contribution in [1.29, 1.82) is 0 Å². The number of piperidine rings is 1. The average Bonchev–Trinajstić information content (AvgIpc) is 2.39. The normalized spacial score (nSPS) is 28.1. The highest BCUT2D eigenvalue weighted by molar-refractivity contribution is 5.94. The summed E-state index contributed by atoms with van der Waals surface area (Å²) in [6, 6.07) is 8.71. The number of benzene rings is 1. The number of nitrogens with two attached hydrogens (primary N) is 1. The highest BCUT2D eigenvalue weighted by Crippen LogP contribution is 2.31. The molecule has 0 aromatic heterocycles. The van der Waals surface area contributed by atoms with E-state index in [0.29, 0.717) is 18.5 Å². The topological polar surface area (TPSA) is 55.1 Å². The summed E-state index contributed by atoms with van der Waals surface area (Å²) in [6.07, 6.45) is 2.32. The zero-order valence-corrected chi connectivity index (χ0v) is 11.1. The lowest BCUT2D eigenvalue weighted by atomic mass is 9.83. The number of nitrogens with one attached hydrogen (secondary N) is 1. The fraction of sp³-hybridized carbons (Fsp3) is 0.533. The van der Waals surface area contributed by atoms with Gasteiger partial charge in [0.1, 0.15) is 0 Å². The number of ketones is 1. The Labute approximate surface area is 109 Å². The number of hydrogen-bond acceptors (Lipinski definition) is 3. The summed E-state index contributed by atoms with van der Waals surface area (Å²) in [5.74, 6) is 0.577. The minimum Gasteiger partial charge on any atom is -0.330 e. The number of Topliss-reactive ketones (excluding diaryl/α,β-unsaturated/α-hetero) is 1. The van der Waals surface area contributed by atoms with E-state index < -0.39 is 0 Å². The Balaban J connectivity index is 2.27. The summed E-state index contributed by atoms with van der Waals surface area (Å²) in [7, 11) is 0. The Hall–Kier alpha value is -1.19. The van der Waals surface area contributed by atoms with Gasteiger partial charge in [-0.15, -0.1) is 0 Å². The fourth-order valence-electron chi connectivity index (χ4n) is 2.73. The molecule has 0 amide bonds. The van der Waals surface area contributed by atoms with Crippen LogP contribution in [0.2, 0.25) is 0 Å². The molecule has 1 aliphatic heterocycles. The fourth-order valence-corrected chi connectivity index (χ4v) is 2.73. The second kappa shape index (κ2) is 5.63. The van der Waals surface area contributed by atoms with Gasteiger partial charge in [0.2, 0.25) is 0 Å². The molecule has 3 atom stereocenters. The van der Waals surface area contributed by atoms with E-state index in [2.05, 4.69) is 18.3 Å². The zero-order valence-electron chi connectivity index (χ0n) is 11.1. The molecule has 1 fully saturated rings. The Morgan fingerprint density at radius 2 is 2.22 bits per heavy atom. The van der Waals surface area contributed by atoms with Crippen molar-refractivity contribution in [2.45, 2.75) is 38.8 Å². The summed E-state index contributed by atoms with van der Waals surface area (Å²) in [5.41, 5.74) is 7.83. The predicted octanol–water partition coefficient (Wildman–Crippen LogP) is 2.28. The van der Waals surface area contributed by atoms with E-state index in [-0.39, 0.29) is 11.8 Å². The lowest BCUT2D eigenvalue weighted by molar-refractivity contribution is 0.101. The number of carbonyl (C=O) groups is 1. The first kappa shape index (κ1) is 13.2. The molecule has 3 N–H and O–H groups in total. The zero-order chi connectivity index (χ0) is 13.1. The molecule has 0 bridgehead atoms. The third-order valence-electron chi connectivity index (χ3n) is 3.86. The van der Waals surface area contributed by atoms with Gasteiger partial charge in [-0.2, -0.15) is 0 Å². The molecule has 3 unspecified atom stereocenters. The van der Waals surface area contributed by atoms with Crippen LogP contribution in [-0.4, -0.2) is 18.4 Å². The van der Waals surface area contributed by atoms with Gasteiger partial charge in [0, 0.05) is 17.6 Å². The maximum absolute atomic E-state index is 11.5. The average molecular weight is 246 g/mol. The molecule has 0 saturated carbocycles. The van der Waals surface area contributed by atoms with E-state index in [0.717, 1.165) is 12.0 Å². The van der Waals surface area contributed by atoms with Crippen molar-refractivity contribution >= 4 is 5.78 Å². The molecule has 1 aromatic rings. The van der Waals surface area contributed by atoms with Gasteiger partial charge < -0.3 is 11.1 Å². The minimum atomic E-state index is 0.116. The highest BCUT2D eigenvalue weighted by atomic mass is 16.1. The van der Waals surface area contributed by atoms with Crippen LogP contribution in [-0.2, 0) is 0 Å². The monoisotopic (exact) mass is 246 g/mol. The maximum Gasteiger partial charge on any atom is 0.159 e. The summed E-state index contributed by atoms with van der Waals surface area (Å²) in [5, 5.41) is 3.61. The van der Waals surface area contributed by atoms with Crippen LogP contribution in [0, 0.1) is 5.92 Å². The Morgan fingerprint density at radius 3 is 2.89 bits per heavy atom. The van der Waals surface area contributed by atoms with Crippen LogP contribution in [0.1, 0.15) is 48.7 Å². The highest BCUT2D eigenvalue weighted by Gasteiger charge is 2.28. The van der Waals surface area contributed by atoms with Crippen molar-refractivity contribution < 1.29 is 4.79 Å². The molecule has 0 radical (unpaired) electrons. The van der Waals surface area contributed by atoms with E-state index in [1.165, 1.54) is 12.0 Å². The van der Waals surface area contributed by atoms with Crippen molar-refractivity contribution in [1.82, 2.24) is 5.32 Å². The third-order valence-corrected chi connectivity index (χ3v) is 3.86. The summed E-state index contributed by atoms with van der Waals surface area (Å²) in [4.78, 5) is 11.5. The number of carbonyl (C=O) groups excluding carboxylic acids is 1. The molecule has 18 heavy (non-hydrogen) atoms. The van der Waals surface area contributed by atoms with Crippen molar-refractivity contribution in [3.63, 3.8) is 0 Å².